The Morgan fingerprint density at radius 1 is 1.16 bits per heavy atom. The van der Waals surface area contributed by atoms with Crippen molar-refractivity contribution in [3.05, 3.63) is 0 Å². The molecule has 0 heterocycles. The van der Waals surface area contributed by atoms with Gasteiger partial charge < -0.3 is 5.32 Å². The van der Waals surface area contributed by atoms with E-state index in [-0.39, 0.29) is 0 Å². The first-order valence-corrected chi connectivity index (χ1v) is 9.87. The Hall–Kier alpha value is 0.110. The van der Waals surface area contributed by atoms with E-state index in [1.165, 1.54) is 44.9 Å². The maximum atomic E-state index is 11.8. The molecule has 19 heavy (non-hydrogen) atoms. The zero-order valence-corrected chi connectivity index (χ0v) is 13.3. The van der Waals surface area contributed by atoms with Crippen LogP contribution >= 0.6 is 0 Å². The quantitative estimate of drug-likeness (QED) is 0.812. The highest BCUT2D eigenvalue weighted by atomic mass is 32.2. The molecule has 0 aromatic rings. The molecule has 0 aliphatic heterocycles. The van der Waals surface area contributed by atoms with Crippen LogP contribution in [0.5, 0.6) is 0 Å². The van der Waals surface area contributed by atoms with Crippen LogP contribution in [0.1, 0.15) is 51.9 Å². The van der Waals surface area contributed by atoms with Crippen LogP contribution < -0.4 is 5.32 Å². The van der Waals surface area contributed by atoms with Crippen molar-refractivity contribution in [3.8, 4) is 0 Å². The minimum Gasteiger partial charge on any atom is -0.313 e. The summed E-state index contributed by atoms with van der Waals surface area (Å²) in [6.07, 6.45) is 11.8. The number of hydrogen-bond donors (Lipinski definition) is 1. The van der Waals surface area contributed by atoms with Gasteiger partial charge in [0.15, 0.2) is 0 Å². The monoisotopic (exact) mass is 283 g/mol. The lowest BCUT2D eigenvalue weighted by Gasteiger charge is -2.59. The molecule has 0 radical (unpaired) electrons. The number of hydrogen-bond acceptors (Lipinski definition) is 2. The van der Waals surface area contributed by atoms with Crippen molar-refractivity contribution in [1.29, 1.82) is 0 Å². The molecule has 4 fully saturated rings. The Labute approximate surface area is 120 Å². The highest BCUT2D eigenvalue weighted by Crippen LogP contribution is 2.61. The lowest BCUT2D eigenvalue weighted by molar-refractivity contribution is -0.0694. The largest absolute Gasteiger partial charge is 0.313 e. The second-order valence-corrected chi connectivity index (χ2v) is 9.01. The molecule has 4 bridgehead atoms. The second kappa shape index (κ2) is 5.48. The Bertz CT molecular complexity index is 319. The maximum absolute atomic E-state index is 11.8. The molecule has 0 spiro atoms. The molecule has 4 aliphatic rings. The van der Waals surface area contributed by atoms with Gasteiger partial charge in [-0.05, 0) is 74.7 Å². The van der Waals surface area contributed by atoms with E-state index in [2.05, 4.69) is 12.2 Å². The molecule has 4 aliphatic carbocycles. The zero-order valence-electron chi connectivity index (χ0n) is 12.5. The van der Waals surface area contributed by atoms with E-state index in [1.807, 2.05) is 6.26 Å². The van der Waals surface area contributed by atoms with E-state index in [0.29, 0.717) is 11.5 Å². The fourth-order valence-corrected chi connectivity index (χ4v) is 6.55. The molecule has 1 N–H and O–H groups in total. The van der Waals surface area contributed by atoms with Gasteiger partial charge in [-0.15, -0.1) is 0 Å². The minimum atomic E-state index is -0.674. The Morgan fingerprint density at radius 2 is 1.68 bits per heavy atom. The van der Waals surface area contributed by atoms with Crippen LogP contribution in [0.15, 0.2) is 0 Å². The molecular weight excluding hydrogens is 254 g/mol. The van der Waals surface area contributed by atoms with Crippen molar-refractivity contribution < 1.29 is 4.21 Å². The summed E-state index contributed by atoms with van der Waals surface area (Å²) >= 11 is 0. The van der Waals surface area contributed by atoms with Crippen LogP contribution in [-0.4, -0.2) is 28.8 Å². The second-order valence-electron chi connectivity index (χ2n) is 7.53. The summed E-state index contributed by atoms with van der Waals surface area (Å²) in [5, 5.41) is 3.76. The van der Waals surface area contributed by atoms with Crippen molar-refractivity contribution in [3.63, 3.8) is 0 Å². The van der Waals surface area contributed by atoms with Crippen LogP contribution in [0.2, 0.25) is 0 Å². The highest BCUT2D eigenvalue weighted by molar-refractivity contribution is 7.84. The molecule has 2 atom stereocenters. The van der Waals surface area contributed by atoms with Crippen molar-refractivity contribution in [2.45, 2.75) is 57.9 Å². The Morgan fingerprint density at radius 3 is 2.11 bits per heavy atom. The van der Waals surface area contributed by atoms with E-state index < -0.39 is 10.8 Å². The first-order valence-electron chi connectivity index (χ1n) is 8.14. The van der Waals surface area contributed by atoms with Crippen molar-refractivity contribution in [2.75, 3.05) is 18.6 Å². The SMILES string of the molecule is CCCNC(CS(C)=O)C12CC3CC(CC(C3)C1)C2. The Balaban J connectivity index is 1.77. The smallest absolute Gasteiger partial charge is 0.0391 e. The average Bonchev–Trinajstić information content (AvgIpc) is 2.32. The predicted octanol–water partition coefficient (Wildman–Crippen LogP) is 2.95. The highest BCUT2D eigenvalue weighted by Gasteiger charge is 2.54. The maximum Gasteiger partial charge on any atom is 0.0391 e. The predicted molar refractivity (Wildman–Crippen MR) is 81.6 cm³/mol. The normalized spacial score (nSPS) is 43.4. The molecule has 4 saturated carbocycles. The molecule has 0 aromatic carbocycles. The van der Waals surface area contributed by atoms with Crippen molar-refractivity contribution >= 4 is 10.8 Å². The van der Waals surface area contributed by atoms with E-state index >= 15 is 0 Å². The van der Waals surface area contributed by atoms with Crippen molar-refractivity contribution in [1.82, 2.24) is 5.32 Å². The van der Waals surface area contributed by atoms with Crippen LogP contribution in [-0.2, 0) is 10.8 Å². The van der Waals surface area contributed by atoms with Gasteiger partial charge in [0.1, 0.15) is 0 Å². The van der Waals surface area contributed by atoms with Gasteiger partial charge in [-0.2, -0.15) is 0 Å². The standard InChI is InChI=1S/C16H29NOS/c1-3-4-17-15(11-19(2)18)16-8-12-5-13(9-16)7-14(6-12)10-16/h12-15,17H,3-11H2,1-2H3. The molecule has 0 aromatic heterocycles. The number of nitrogens with one attached hydrogen (secondary N) is 1. The average molecular weight is 283 g/mol. The molecule has 0 amide bonds. The molecule has 3 heteroatoms. The lowest BCUT2D eigenvalue weighted by Crippen LogP contribution is -2.57. The summed E-state index contributed by atoms with van der Waals surface area (Å²) in [6, 6.07) is 0.506. The number of rotatable bonds is 6. The summed E-state index contributed by atoms with van der Waals surface area (Å²) in [4.78, 5) is 0. The minimum absolute atomic E-state index is 0.496. The zero-order chi connectivity index (χ0) is 13.5. The third kappa shape index (κ3) is 2.78. The van der Waals surface area contributed by atoms with Crippen LogP contribution in [0.4, 0.5) is 0 Å². The van der Waals surface area contributed by atoms with E-state index in [0.717, 1.165) is 30.1 Å². The molecular formula is C16H29NOS. The molecule has 110 valence electrons. The summed E-state index contributed by atoms with van der Waals surface area (Å²) in [5.74, 6) is 3.83. The van der Waals surface area contributed by atoms with Gasteiger partial charge in [-0.3, -0.25) is 4.21 Å². The van der Waals surface area contributed by atoms with Crippen molar-refractivity contribution in [2.24, 2.45) is 23.2 Å². The molecule has 0 saturated heterocycles. The first kappa shape index (κ1) is 14.1. The first-order chi connectivity index (χ1) is 9.11. The van der Waals surface area contributed by atoms with Crippen LogP contribution in [0, 0.1) is 23.2 Å². The van der Waals surface area contributed by atoms with E-state index in [4.69, 9.17) is 0 Å². The summed E-state index contributed by atoms with van der Waals surface area (Å²) in [5.41, 5.74) is 0.496. The fourth-order valence-electron chi connectivity index (χ4n) is 5.61. The fraction of sp³-hybridized carbons (Fsp3) is 1.00. The van der Waals surface area contributed by atoms with E-state index in [1.54, 1.807) is 0 Å². The van der Waals surface area contributed by atoms with Gasteiger partial charge >= 0.3 is 0 Å². The van der Waals surface area contributed by atoms with Gasteiger partial charge in [0, 0.05) is 28.9 Å². The van der Waals surface area contributed by atoms with Gasteiger partial charge in [0.25, 0.3) is 0 Å². The van der Waals surface area contributed by atoms with Crippen LogP contribution in [0.25, 0.3) is 0 Å². The molecule has 2 unspecified atom stereocenters. The Kier molecular flexibility index (Phi) is 4.05. The van der Waals surface area contributed by atoms with E-state index in [9.17, 15) is 4.21 Å². The summed E-state index contributed by atoms with van der Waals surface area (Å²) < 4.78 is 11.8. The topological polar surface area (TPSA) is 29.1 Å². The summed E-state index contributed by atoms with van der Waals surface area (Å²) in [7, 11) is -0.674. The van der Waals surface area contributed by atoms with Gasteiger partial charge in [0.05, 0.1) is 0 Å². The summed E-state index contributed by atoms with van der Waals surface area (Å²) in [6.45, 7) is 3.32. The third-order valence-electron chi connectivity index (χ3n) is 5.87. The molecule has 2 nitrogen and oxygen atoms in total. The molecule has 4 rings (SSSR count). The van der Waals surface area contributed by atoms with Gasteiger partial charge in [-0.25, -0.2) is 0 Å². The van der Waals surface area contributed by atoms with Crippen LogP contribution in [0.3, 0.4) is 0 Å². The lowest BCUT2D eigenvalue weighted by atomic mass is 9.48. The van der Waals surface area contributed by atoms with Gasteiger partial charge in [-0.1, -0.05) is 6.92 Å². The third-order valence-corrected chi connectivity index (χ3v) is 6.67. The van der Waals surface area contributed by atoms with Gasteiger partial charge in [0.2, 0.25) is 0 Å².